The van der Waals surface area contributed by atoms with E-state index in [2.05, 4.69) is 5.32 Å². The molecule has 100 valence electrons. The van der Waals surface area contributed by atoms with Crippen LogP contribution in [0.2, 0.25) is 0 Å². The number of carbonyl (C=O) groups excluding carboxylic acids is 2. The molecule has 0 aromatic heterocycles. The zero-order valence-corrected chi connectivity index (χ0v) is 10.4. The van der Waals surface area contributed by atoms with E-state index in [1.54, 1.807) is 11.0 Å². The minimum atomic E-state index is -0.495. The standard InChI is InChI=1S/C13H14FN3O2/c14-9-4-3-5-10-12(9)17(8-11(18)15-10)13(19)16-6-1-2-7-16/h3-5H,1-2,6-8H2,(H,15,18). The van der Waals surface area contributed by atoms with Crippen LogP contribution in [-0.4, -0.2) is 36.5 Å². The molecule has 1 aromatic rings. The highest BCUT2D eigenvalue weighted by atomic mass is 19.1. The van der Waals surface area contributed by atoms with E-state index in [1.807, 2.05) is 0 Å². The summed E-state index contributed by atoms with van der Waals surface area (Å²) in [6.07, 6.45) is 1.91. The van der Waals surface area contributed by atoms with Gasteiger partial charge in [0.2, 0.25) is 5.91 Å². The van der Waals surface area contributed by atoms with Crippen LogP contribution in [0, 0.1) is 5.82 Å². The molecule has 1 saturated heterocycles. The van der Waals surface area contributed by atoms with Gasteiger partial charge < -0.3 is 10.2 Å². The maximum atomic E-state index is 13.9. The van der Waals surface area contributed by atoms with Crippen LogP contribution in [0.4, 0.5) is 20.6 Å². The van der Waals surface area contributed by atoms with Crippen molar-refractivity contribution < 1.29 is 14.0 Å². The van der Waals surface area contributed by atoms with Gasteiger partial charge in [0.1, 0.15) is 18.0 Å². The van der Waals surface area contributed by atoms with E-state index in [1.165, 1.54) is 17.0 Å². The zero-order valence-electron chi connectivity index (χ0n) is 10.4. The quantitative estimate of drug-likeness (QED) is 0.776. The van der Waals surface area contributed by atoms with Gasteiger partial charge in [-0.05, 0) is 25.0 Å². The second kappa shape index (κ2) is 4.53. The summed E-state index contributed by atoms with van der Waals surface area (Å²) in [6.45, 7) is 1.20. The monoisotopic (exact) mass is 263 g/mol. The lowest BCUT2D eigenvalue weighted by Gasteiger charge is -2.32. The van der Waals surface area contributed by atoms with Crippen LogP contribution in [0.1, 0.15) is 12.8 Å². The average molecular weight is 263 g/mol. The van der Waals surface area contributed by atoms with Crippen LogP contribution in [0.15, 0.2) is 18.2 Å². The number of fused-ring (bicyclic) bond motifs is 1. The molecule has 6 heteroatoms. The fraction of sp³-hybridized carbons (Fsp3) is 0.385. The van der Waals surface area contributed by atoms with E-state index in [4.69, 9.17) is 0 Å². The summed E-state index contributed by atoms with van der Waals surface area (Å²) in [7, 11) is 0. The third-order valence-electron chi connectivity index (χ3n) is 3.44. The number of para-hydroxylation sites is 1. The Labute approximate surface area is 110 Å². The van der Waals surface area contributed by atoms with Crippen molar-refractivity contribution in [2.45, 2.75) is 12.8 Å². The SMILES string of the molecule is O=C1CN(C(=O)N2CCCC2)c2c(F)cccc2N1. The van der Waals surface area contributed by atoms with Crippen LogP contribution in [0.5, 0.6) is 0 Å². The molecule has 0 aliphatic carbocycles. The van der Waals surface area contributed by atoms with Crippen LogP contribution in [0.25, 0.3) is 0 Å². The number of urea groups is 1. The van der Waals surface area contributed by atoms with Gasteiger partial charge in [-0.25, -0.2) is 9.18 Å². The van der Waals surface area contributed by atoms with Gasteiger partial charge in [-0.1, -0.05) is 6.07 Å². The van der Waals surface area contributed by atoms with Gasteiger partial charge in [-0.2, -0.15) is 0 Å². The summed E-state index contributed by atoms with van der Waals surface area (Å²) in [5.74, 6) is -0.796. The Morgan fingerprint density at radius 3 is 2.74 bits per heavy atom. The predicted molar refractivity (Wildman–Crippen MR) is 68.6 cm³/mol. The lowest BCUT2D eigenvalue weighted by molar-refractivity contribution is -0.115. The first kappa shape index (κ1) is 12.0. The Morgan fingerprint density at radius 2 is 2.00 bits per heavy atom. The highest BCUT2D eigenvalue weighted by molar-refractivity contribution is 6.09. The fourth-order valence-electron chi connectivity index (χ4n) is 2.55. The molecule has 3 amide bonds. The molecule has 3 rings (SSSR count). The number of hydrogen-bond acceptors (Lipinski definition) is 2. The number of rotatable bonds is 0. The first-order valence-corrected chi connectivity index (χ1v) is 6.31. The van der Waals surface area contributed by atoms with Gasteiger partial charge in [0, 0.05) is 13.1 Å². The largest absolute Gasteiger partial charge is 0.325 e. The second-order valence-electron chi connectivity index (χ2n) is 4.75. The molecule has 0 bridgehead atoms. The van der Waals surface area contributed by atoms with Gasteiger partial charge in [-0.3, -0.25) is 9.69 Å². The van der Waals surface area contributed by atoms with Crippen molar-refractivity contribution in [3.05, 3.63) is 24.0 Å². The third-order valence-corrected chi connectivity index (χ3v) is 3.44. The van der Waals surface area contributed by atoms with Gasteiger partial charge >= 0.3 is 6.03 Å². The lowest BCUT2D eigenvalue weighted by Crippen LogP contribution is -2.48. The maximum Gasteiger partial charge on any atom is 0.325 e. The number of halogens is 1. The molecule has 0 unspecified atom stereocenters. The molecular weight excluding hydrogens is 249 g/mol. The molecule has 19 heavy (non-hydrogen) atoms. The number of likely N-dealkylation sites (tertiary alicyclic amines) is 1. The molecule has 0 saturated carbocycles. The Balaban J connectivity index is 1.98. The summed E-state index contributed by atoms with van der Waals surface area (Å²) in [6, 6.07) is 4.11. The molecule has 1 fully saturated rings. The molecule has 0 atom stereocenters. The molecule has 0 radical (unpaired) electrons. The van der Waals surface area contributed by atoms with Crippen LogP contribution < -0.4 is 10.2 Å². The highest BCUT2D eigenvalue weighted by Crippen LogP contribution is 2.33. The zero-order chi connectivity index (χ0) is 13.4. The number of carbonyl (C=O) groups is 2. The summed E-state index contributed by atoms with van der Waals surface area (Å²) in [5.41, 5.74) is 0.516. The van der Waals surface area contributed by atoms with E-state index >= 15 is 0 Å². The fourth-order valence-corrected chi connectivity index (χ4v) is 2.55. The van der Waals surface area contributed by atoms with Crippen molar-refractivity contribution >= 4 is 23.3 Å². The van der Waals surface area contributed by atoms with Crippen molar-refractivity contribution in [3.63, 3.8) is 0 Å². The topological polar surface area (TPSA) is 52.7 Å². The number of benzene rings is 1. The minimum absolute atomic E-state index is 0.136. The van der Waals surface area contributed by atoms with Gasteiger partial charge in [0.05, 0.1) is 5.69 Å². The molecule has 5 nitrogen and oxygen atoms in total. The van der Waals surface area contributed by atoms with Crippen molar-refractivity contribution in [1.82, 2.24) is 4.90 Å². The van der Waals surface area contributed by atoms with Crippen molar-refractivity contribution in [3.8, 4) is 0 Å². The second-order valence-corrected chi connectivity index (χ2v) is 4.75. The number of nitrogens with one attached hydrogen (secondary N) is 1. The summed E-state index contributed by atoms with van der Waals surface area (Å²) in [4.78, 5) is 26.9. The summed E-state index contributed by atoms with van der Waals surface area (Å²) >= 11 is 0. The smallest absolute Gasteiger partial charge is 0.324 e. The Hall–Kier alpha value is -2.11. The van der Waals surface area contributed by atoms with Crippen molar-refractivity contribution in [2.75, 3.05) is 29.9 Å². The summed E-state index contributed by atoms with van der Waals surface area (Å²) in [5, 5.41) is 2.58. The summed E-state index contributed by atoms with van der Waals surface area (Å²) < 4.78 is 13.9. The molecule has 1 N–H and O–H groups in total. The number of hydrogen-bond donors (Lipinski definition) is 1. The van der Waals surface area contributed by atoms with Crippen LogP contribution in [-0.2, 0) is 4.79 Å². The molecule has 2 aliphatic rings. The van der Waals surface area contributed by atoms with Crippen LogP contribution in [0.3, 0.4) is 0 Å². The highest BCUT2D eigenvalue weighted by Gasteiger charge is 2.33. The number of anilines is 2. The van der Waals surface area contributed by atoms with Gasteiger partial charge in [0.25, 0.3) is 0 Å². The molecule has 2 aliphatic heterocycles. The Morgan fingerprint density at radius 1 is 1.26 bits per heavy atom. The third kappa shape index (κ3) is 2.03. The van der Waals surface area contributed by atoms with E-state index in [0.29, 0.717) is 18.8 Å². The Kier molecular flexibility index (Phi) is 2.85. The van der Waals surface area contributed by atoms with Crippen LogP contribution >= 0.6 is 0 Å². The van der Waals surface area contributed by atoms with E-state index < -0.39 is 5.82 Å². The Bertz CT molecular complexity index is 541. The normalized spacial score (nSPS) is 18.3. The molecule has 1 aromatic carbocycles. The van der Waals surface area contributed by atoms with E-state index in [0.717, 1.165) is 12.8 Å². The van der Waals surface area contributed by atoms with Gasteiger partial charge in [0.15, 0.2) is 0 Å². The van der Waals surface area contributed by atoms with E-state index in [-0.39, 0.29) is 24.2 Å². The molecule has 2 heterocycles. The van der Waals surface area contributed by atoms with Gasteiger partial charge in [-0.15, -0.1) is 0 Å². The minimum Gasteiger partial charge on any atom is -0.324 e. The average Bonchev–Trinajstić information content (AvgIpc) is 2.90. The lowest BCUT2D eigenvalue weighted by atomic mass is 10.2. The number of nitrogens with zero attached hydrogens (tertiary/aromatic N) is 2. The molecular formula is C13H14FN3O2. The predicted octanol–water partition coefficient (Wildman–Crippen LogP) is 1.80. The van der Waals surface area contributed by atoms with E-state index in [9.17, 15) is 14.0 Å². The molecule has 0 spiro atoms. The maximum absolute atomic E-state index is 13.9. The first-order valence-electron chi connectivity index (χ1n) is 6.31. The van der Waals surface area contributed by atoms with Crippen molar-refractivity contribution in [1.29, 1.82) is 0 Å². The number of amides is 3. The first-order chi connectivity index (χ1) is 9.16. The van der Waals surface area contributed by atoms with Crippen molar-refractivity contribution in [2.24, 2.45) is 0 Å².